The molecule has 0 spiro atoms. The number of aryl methyl sites for hydroxylation is 2. The minimum atomic E-state index is -0.228. The van der Waals surface area contributed by atoms with Gasteiger partial charge in [-0.25, -0.2) is 0 Å². The van der Waals surface area contributed by atoms with Crippen molar-refractivity contribution in [2.24, 2.45) is 0 Å². The molecule has 0 fully saturated rings. The fourth-order valence-electron chi connectivity index (χ4n) is 12.1. The number of carbonyl (C=O) groups excluding carboxylic acids is 2. The standard InChI is InChI=1S/C57H52N12O2/c1-66(34-47-54-41(23-26-59-47)38-13-4-5-19-48(38)69(54)33-36-31-63-65-64-36)50-21-8-17-40-37(22-28-61-53(40)50)39-16-7-20-49-51(39)44-24-27-58-46(32-62-45-18-6-11-35-12-9-25-60-52(35)45)55(44)67(49)29-10-30-68-56(70)42-14-2-3-15-43(42)57(68)71/h2-5,7,9,12-16,19-20,22-28,31,45,50,62H,6,8,10-11,17-18,21,29-30,32-34H2,1H3,(H,63,64,65)/t45-,50-/m0/s1. The van der Waals surface area contributed by atoms with Gasteiger partial charge in [-0.05, 0) is 123 Å². The van der Waals surface area contributed by atoms with E-state index in [-0.39, 0.29) is 23.9 Å². The van der Waals surface area contributed by atoms with E-state index < -0.39 is 0 Å². The average Bonchev–Trinajstić information content (AvgIpc) is 4.19. The number of pyridine rings is 4. The molecule has 2 atom stereocenters. The second-order valence-corrected chi connectivity index (χ2v) is 19.3. The number of fused-ring (bicyclic) bond motifs is 9. The molecule has 2 aliphatic carbocycles. The Morgan fingerprint density at radius 3 is 2.27 bits per heavy atom. The molecule has 3 aliphatic rings. The Morgan fingerprint density at radius 2 is 1.41 bits per heavy atom. The first-order chi connectivity index (χ1) is 35.0. The summed E-state index contributed by atoms with van der Waals surface area (Å²) in [6.45, 7) is 2.67. The average molecular weight is 937 g/mol. The number of nitrogens with one attached hydrogen (secondary N) is 2. The monoisotopic (exact) mass is 936 g/mol. The smallest absolute Gasteiger partial charge is 0.261 e. The lowest BCUT2D eigenvalue weighted by Gasteiger charge is -2.33. The highest BCUT2D eigenvalue weighted by atomic mass is 16.2. The third-order valence-corrected chi connectivity index (χ3v) is 15.3. The predicted octanol–water partition coefficient (Wildman–Crippen LogP) is 9.68. The Morgan fingerprint density at radius 1 is 0.662 bits per heavy atom. The van der Waals surface area contributed by atoms with Gasteiger partial charge in [-0.3, -0.25) is 39.3 Å². The summed E-state index contributed by atoms with van der Waals surface area (Å²) in [5, 5.41) is 19.8. The highest BCUT2D eigenvalue weighted by Crippen LogP contribution is 2.44. The van der Waals surface area contributed by atoms with Crippen LogP contribution in [-0.2, 0) is 39.0 Å². The van der Waals surface area contributed by atoms with Crippen LogP contribution in [0.1, 0.15) is 105 Å². The number of rotatable bonds is 13. The molecule has 3 aromatic carbocycles. The van der Waals surface area contributed by atoms with Crippen molar-refractivity contribution in [3.05, 3.63) is 179 Å². The van der Waals surface area contributed by atoms with E-state index in [9.17, 15) is 9.59 Å². The second-order valence-electron chi connectivity index (χ2n) is 19.3. The van der Waals surface area contributed by atoms with E-state index in [0.717, 1.165) is 105 Å². The topological polar surface area (TPSA) is 156 Å². The lowest BCUT2D eigenvalue weighted by Crippen LogP contribution is -2.31. The van der Waals surface area contributed by atoms with E-state index >= 15 is 0 Å². The number of H-pyrrole nitrogens is 1. The molecule has 0 unspecified atom stereocenters. The molecular formula is C57H52N12O2. The molecule has 71 heavy (non-hydrogen) atoms. The summed E-state index contributed by atoms with van der Waals surface area (Å²) in [5.41, 5.74) is 15.3. The molecule has 8 heterocycles. The van der Waals surface area contributed by atoms with Gasteiger partial charge in [0, 0.05) is 83.5 Å². The van der Waals surface area contributed by atoms with Gasteiger partial charge in [-0.2, -0.15) is 15.4 Å². The summed E-state index contributed by atoms with van der Waals surface area (Å²) < 4.78 is 4.71. The van der Waals surface area contributed by atoms with Crippen LogP contribution >= 0.6 is 0 Å². The number of hydrogen-bond acceptors (Lipinski definition) is 10. The zero-order chi connectivity index (χ0) is 47.6. The predicted molar refractivity (Wildman–Crippen MR) is 274 cm³/mol. The Labute approximate surface area is 409 Å². The van der Waals surface area contributed by atoms with Crippen molar-refractivity contribution in [3.63, 3.8) is 0 Å². The normalized spacial score (nSPS) is 16.7. The summed E-state index contributed by atoms with van der Waals surface area (Å²) >= 11 is 0. The van der Waals surface area contributed by atoms with Gasteiger partial charge in [0.1, 0.15) is 5.69 Å². The highest BCUT2D eigenvalue weighted by Gasteiger charge is 2.35. The molecule has 2 N–H and O–H groups in total. The summed E-state index contributed by atoms with van der Waals surface area (Å²) in [6, 6.07) is 33.2. The van der Waals surface area contributed by atoms with E-state index in [1.165, 1.54) is 32.4 Å². The molecule has 0 saturated carbocycles. The molecule has 7 aromatic heterocycles. The molecular weight excluding hydrogens is 885 g/mol. The second kappa shape index (κ2) is 17.8. The maximum atomic E-state index is 13.5. The summed E-state index contributed by atoms with van der Waals surface area (Å²) in [7, 11) is 2.21. The number of imide groups is 1. The molecule has 2 amide bonds. The number of aromatic nitrogens is 9. The molecule has 14 heteroatoms. The quantitative estimate of drug-likeness (QED) is 0.107. The Bertz CT molecular complexity index is 3670. The molecule has 14 nitrogen and oxygen atoms in total. The number of amides is 2. The molecule has 0 bridgehead atoms. The lowest BCUT2D eigenvalue weighted by atomic mass is 9.85. The SMILES string of the molecule is CN(Cc1nccc2c3ccccc3n(Cc3cn[nH]n3)c12)[C@H]1CCCc2c(-c3cccc4c3c3ccnc(CN[C@H]5CCCc6cccnc65)c3n4CCCN3C(=O)c4ccccc4C3=O)ccnc21. The molecule has 0 saturated heterocycles. The van der Waals surface area contributed by atoms with Crippen molar-refractivity contribution >= 4 is 55.4 Å². The number of aromatic amines is 1. The fraction of sp³-hybridized carbons (Fsp3) is 0.263. The molecule has 0 radical (unpaired) electrons. The van der Waals surface area contributed by atoms with Crippen LogP contribution < -0.4 is 5.32 Å². The first-order valence-corrected chi connectivity index (χ1v) is 24.9. The van der Waals surface area contributed by atoms with Gasteiger partial charge in [0.05, 0.1) is 69.8 Å². The van der Waals surface area contributed by atoms with Gasteiger partial charge in [0.25, 0.3) is 11.8 Å². The lowest BCUT2D eigenvalue weighted by molar-refractivity contribution is 0.0651. The van der Waals surface area contributed by atoms with Gasteiger partial charge < -0.3 is 14.5 Å². The van der Waals surface area contributed by atoms with Crippen LogP contribution in [0.5, 0.6) is 0 Å². The Kier molecular flexibility index (Phi) is 10.8. The summed E-state index contributed by atoms with van der Waals surface area (Å²) in [4.78, 5) is 51.0. The highest BCUT2D eigenvalue weighted by molar-refractivity contribution is 6.21. The fourth-order valence-corrected chi connectivity index (χ4v) is 12.1. The first kappa shape index (κ1) is 43.1. The Hall–Kier alpha value is -7.94. The van der Waals surface area contributed by atoms with Crippen molar-refractivity contribution in [2.75, 3.05) is 13.6 Å². The zero-order valence-electron chi connectivity index (χ0n) is 39.6. The number of nitrogens with zero attached hydrogens (tertiary/aromatic N) is 10. The number of para-hydroxylation sites is 1. The first-order valence-electron chi connectivity index (χ1n) is 24.9. The maximum Gasteiger partial charge on any atom is 0.261 e. The zero-order valence-corrected chi connectivity index (χ0v) is 39.6. The van der Waals surface area contributed by atoms with Crippen LogP contribution in [0.2, 0.25) is 0 Å². The molecule has 13 rings (SSSR count). The largest absolute Gasteiger partial charge is 0.339 e. The third-order valence-electron chi connectivity index (χ3n) is 15.3. The summed E-state index contributed by atoms with van der Waals surface area (Å²) in [6.07, 6.45) is 16.2. The van der Waals surface area contributed by atoms with Crippen molar-refractivity contribution in [1.29, 1.82) is 0 Å². The van der Waals surface area contributed by atoms with Crippen molar-refractivity contribution in [2.45, 2.75) is 83.2 Å². The molecule has 10 aromatic rings. The van der Waals surface area contributed by atoms with Crippen LogP contribution in [-0.4, -0.2) is 79.7 Å². The van der Waals surface area contributed by atoms with E-state index in [4.69, 9.17) is 19.9 Å². The van der Waals surface area contributed by atoms with E-state index in [2.05, 4.69) is 109 Å². The van der Waals surface area contributed by atoms with Crippen LogP contribution in [0.4, 0.5) is 0 Å². The van der Waals surface area contributed by atoms with E-state index in [0.29, 0.717) is 50.3 Å². The third kappa shape index (κ3) is 7.30. The molecule has 352 valence electrons. The van der Waals surface area contributed by atoms with Crippen LogP contribution in [0.3, 0.4) is 0 Å². The van der Waals surface area contributed by atoms with Crippen LogP contribution in [0.15, 0.2) is 128 Å². The van der Waals surface area contributed by atoms with Crippen molar-refractivity contribution in [3.8, 4) is 11.1 Å². The van der Waals surface area contributed by atoms with Crippen molar-refractivity contribution in [1.82, 2.24) is 59.6 Å². The van der Waals surface area contributed by atoms with Crippen LogP contribution in [0.25, 0.3) is 54.7 Å². The number of carbonyl (C=O) groups is 2. The van der Waals surface area contributed by atoms with Gasteiger partial charge in [0.15, 0.2) is 0 Å². The van der Waals surface area contributed by atoms with E-state index in [1.54, 1.807) is 18.3 Å². The maximum absolute atomic E-state index is 13.5. The summed E-state index contributed by atoms with van der Waals surface area (Å²) in [5.74, 6) is -0.456. The Balaban J connectivity index is 0.869. The van der Waals surface area contributed by atoms with Gasteiger partial charge >= 0.3 is 0 Å². The van der Waals surface area contributed by atoms with Gasteiger partial charge in [-0.1, -0.05) is 48.5 Å². The van der Waals surface area contributed by atoms with Gasteiger partial charge in [0.2, 0.25) is 0 Å². The van der Waals surface area contributed by atoms with Crippen molar-refractivity contribution < 1.29 is 9.59 Å². The number of hydrogen-bond donors (Lipinski definition) is 2. The van der Waals surface area contributed by atoms with Crippen LogP contribution in [0, 0.1) is 0 Å². The van der Waals surface area contributed by atoms with Gasteiger partial charge in [-0.15, -0.1) is 0 Å². The molecule has 1 aliphatic heterocycles. The van der Waals surface area contributed by atoms with E-state index in [1.807, 2.05) is 43.0 Å². The number of benzene rings is 3. The minimum absolute atomic E-state index is 0.0769. The minimum Gasteiger partial charge on any atom is -0.339 e.